The molecule has 3 N–H and O–H groups in total. The van der Waals surface area contributed by atoms with Gasteiger partial charge >= 0.3 is 6.18 Å². The van der Waals surface area contributed by atoms with E-state index in [1.807, 2.05) is 0 Å². The summed E-state index contributed by atoms with van der Waals surface area (Å²) in [4.78, 5) is 25.7. The van der Waals surface area contributed by atoms with Gasteiger partial charge in [-0.1, -0.05) is 36.4 Å². The number of nitrogens with one attached hydrogen (secondary N) is 2. The van der Waals surface area contributed by atoms with Crippen LogP contribution in [-0.2, 0) is 22.3 Å². The van der Waals surface area contributed by atoms with E-state index in [1.54, 1.807) is 42.5 Å². The van der Waals surface area contributed by atoms with E-state index in [-0.39, 0.29) is 36.1 Å². The van der Waals surface area contributed by atoms with E-state index in [0.717, 1.165) is 6.07 Å². The fourth-order valence-electron chi connectivity index (χ4n) is 4.05. The maximum atomic E-state index is 13.5. The Bertz CT molecular complexity index is 1270. The number of rotatable bonds is 8. The van der Waals surface area contributed by atoms with E-state index in [2.05, 4.69) is 10.6 Å². The van der Waals surface area contributed by atoms with Crippen LogP contribution in [-0.4, -0.2) is 35.7 Å². The minimum absolute atomic E-state index is 0.0412. The molecule has 1 aliphatic rings. The Morgan fingerprint density at radius 3 is 2.39 bits per heavy atom. The minimum Gasteiger partial charge on any atom is -0.457 e. The molecule has 1 heterocycles. The Kier molecular flexibility index (Phi) is 8.03. The zero-order valence-corrected chi connectivity index (χ0v) is 20.5. The molecular formula is C28H27F3N2O5. The molecule has 7 nitrogen and oxygen atoms in total. The highest BCUT2D eigenvalue weighted by Gasteiger charge is 2.43. The van der Waals surface area contributed by atoms with Crippen LogP contribution in [0.5, 0.6) is 11.5 Å². The van der Waals surface area contributed by atoms with Crippen molar-refractivity contribution < 1.29 is 37.3 Å². The summed E-state index contributed by atoms with van der Waals surface area (Å²) in [6.07, 6.45) is -5.40. The van der Waals surface area contributed by atoms with Gasteiger partial charge in [-0.05, 0) is 54.4 Å². The molecule has 4 rings (SSSR count). The zero-order valence-electron chi connectivity index (χ0n) is 20.5. The number of aliphatic hydroxyl groups excluding tert-OH is 1. The fraction of sp³-hybridized carbons (Fsp3) is 0.286. The first kappa shape index (κ1) is 27.2. The number of halogens is 3. The molecular weight excluding hydrogens is 501 g/mol. The molecule has 200 valence electrons. The van der Waals surface area contributed by atoms with Gasteiger partial charge in [-0.25, -0.2) is 0 Å². The van der Waals surface area contributed by atoms with Gasteiger partial charge in [0, 0.05) is 25.1 Å². The van der Waals surface area contributed by atoms with Crippen LogP contribution in [0, 0.1) is 0 Å². The lowest BCUT2D eigenvalue weighted by Crippen LogP contribution is -2.59. The highest BCUT2D eigenvalue weighted by Crippen LogP contribution is 2.39. The van der Waals surface area contributed by atoms with Crippen molar-refractivity contribution in [1.29, 1.82) is 0 Å². The summed E-state index contributed by atoms with van der Waals surface area (Å²) in [5.74, 6) is -0.994. The van der Waals surface area contributed by atoms with Crippen molar-refractivity contribution in [3.8, 4) is 11.5 Å². The molecule has 0 bridgehead atoms. The quantitative estimate of drug-likeness (QED) is 0.392. The summed E-state index contributed by atoms with van der Waals surface area (Å²) in [5.41, 5.74) is -0.969. The topological polar surface area (TPSA) is 96.9 Å². The maximum absolute atomic E-state index is 13.5. The summed E-state index contributed by atoms with van der Waals surface area (Å²) in [5, 5.41) is 15.2. The molecule has 0 aliphatic carbocycles. The third kappa shape index (κ3) is 6.32. The second-order valence-corrected chi connectivity index (χ2v) is 9.06. The normalized spacial score (nSPS) is 18.0. The number of benzene rings is 3. The lowest BCUT2D eigenvalue weighted by Gasteiger charge is -2.27. The summed E-state index contributed by atoms with van der Waals surface area (Å²) >= 11 is 0. The van der Waals surface area contributed by atoms with Gasteiger partial charge in [0.2, 0.25) is 5.91 Å². The van der Waals surface area contributed by atoms with Gasteiger partial charge in [-0.3, -0.25) is 9.59 Å². The predicted octanol–water partition coefficient (Wildman–Crippen LogP) is 4.76. The van der Waals surface area contributed by atoms with Crippen LogP contribution >= 0.6 is 0 Å². The second-order valence-electron chi connectivity index (χ2n) is 9.06. The van der Waals surface area contributed by atoms with Gasteiger partial charge in [-0.15, -0.1) is 0 Å². The molecule has 10 heteroatoms. The van der Waals surface area contributed by atoms with E-state index >= 15 is 0 Å². The first-order valence-electron chi connectivity index (χ1n) is 12.0. The summed E-state index contributed by atoms with van der Waals surface area (Å²) < 4.78 is 51.5. The van der Waals surface area contributed by atoms with Gasteiger partial charge in [0.25, 0.3) is 5.91 Å². The molecule has 38 heavy (non-hydrogen) atoms. The Hall–Kier alpha value is -3.89. The van der Waals surface area contributed by atoms with Crippen molar-refractivity contribution >= 4 is 11.8 Å². The summed E-state index contributed by atoms with van der Waals surface area (Å²) in [6.45, 7) is 1.87. The van der Waals surface area contributed by atoms with E-state index in [0.29, 0.717) is 24.2 Å². The average molecular weight is 529 g/mol. The molecule has 1 aliphatic heterocycles. The Balaban J connectivity index is 1.41. The number of alkyl halides is 3. The van der Waals surface area contributed by atoms with Crippen LogP contribution in [0.15, 0.2) is 72.8 Å². The van der Waals surface area contributed by atoms with Gasteiger partial charge in [0.15, 0.2) is 0 Å². The average Bonchev–Trinajstić information content (AvgIpc) is 3.37. The van der Waals surface area contributed by atoms with E-state index in [4.69, 9.17) is 9.47 Å². The lowest BCUT2D eigenvalue weighted by molar-refractivity contribution is -0.138. The van der Waals surface area contributed by atoms with E-state index in [9.17, 15) is 27.9 Å². The number of carbonyl (C=O) groups excluding carboxylic acids is 2. The van der Waals surface area contributed by atoms with Crippen molar-refractivity contribution in [1.82, 2.24) is 10.6 Å². The van der Waals surface area contributed by atoms with Gasteiger partial charge < -0.3 is 25.2 Å². The Labute approximate surface area is 217 Å². The molecule has 0 saturated carbocycles. The first-order chi connectivity index (χ1) is 18.1. The molecule has 2 atom stereocenters. The molecule has 0 spiro atoms. The van der Waals surface area contributed by atoms with Gasteiger partial charge in [-0.2, -0.15) is 13.2 Å². The molecule has 0 radical (unpaired) electrons. The highest BCUT2D eigenvalue weighted by molar-refractivity contribution is 5.99. The van der Waals surface area contributed by atoms with E-state index < -0.39 is 29.3 Å². The molecule has 0 aromatic heterocycles. The van der Waals surface area contributed by atoms with Crippen molar-refractivity contribution in [3.63, 3.8) is 0 Å². The monoisotopic (exact) mass is 528 g/mol. The van der Waals surface area contributed by atoms with Crippen molar-refractivity contribution in [2.75, 3.05) is 13.2 Å². The third-order valence-electron chi connectivity index (χ3n) is 6.24. The highest BCUT2D eigenvalue weighted by atomic mass is 19.4. The van der Waals surface area contributed by atoms with Crippen LogP contribution in [0.1, 0.15) is 46.5 Å². The number of aliphatic hydroxyl groups is 1. The Morgan fingerprint density at radius 1 is 1.08 bits per heavy atom. The van der Waals surface area contributed by atoms with Crippen LogP contribution < -0.4 is 15.4 Å². The van der Waals surface area contributed by atoms with Crippen LogP contribution in [0.2, 0.25) is 0 Å². The summed E-state index contributed by atoms with van der Waals surface area (Å²) in [7, 11) is 0. The summed E-state index contributed by atoms with van der Waals surface area (Å²) in [6, 6.07) is 18.2. The number of hydrogen-bond acceptors (Lipinski definition) is 5. The van der Waals surface area contributed by atoms with Crippen molar-refractivity contribution in [3.05, 3.63) is 95.1 Å². The predicted molar refractivity (Wildman–Crippen MR) is 133 cm³/mol. The van der Waals surface area contributed by atoms with Crippen molar-refractivity contribution in [2.45, 2.75) is 37.7 Å². The SMILES string of the molecule is CC(O)c1ccc(Oc2ccc(CNC(=O)C3(NC(=O)c4ccccc4)CCOC3)cc2)c(C(F)(F)F)c1. The zero-order chi connectivity index (χ0) is 27.3. The minimum atomic E-state index is -4.67. The standard InChI is InChI=1S/C28H27F3N2O5/c1-18(34)21-9-12-24(23(15-21)28(29,30)31)38-22-10-7-19(8-11-22)16-32-26(36)27(13-14-37-17-27)33-25(35)20-5-3-2-4-6-20/h2-12,15,18,34H,13-14,16-17H2,1H3,(H,32,36)(H,33,35). The smallest absolute Gasteiger partial charge is 0.419 e. The first-order valence-corrected chi connectivity index (χ1v) is 12.0. The molecule has 3 aromatic carbocycles. The van der Waals surface area contributed by atoms with Gasteiger partial charge in [0.1, 0.15) is 17.0 Å². The van der Waals surface area contributed by atoms with Crippen LogP contribution in [0.25, 0.3) is 0 Å². The lowest BCUT2D eigenvalue weighted by atomic mass is 9.96. The molecule has 2 amide bonds. The molecule has 1 fully saturated rings. The molecule has 2 unspecified atom stereocenters. The van der Waals surface area contributed by atoms with E-state index in [1.165, 1.54) is 31.2 Å². The van der Waals surface area contributed by atoms with Gasteiger partial charge in [0.05, 0.1) is 18.3 Å². The largest absolute Gasteiger partial charge is 0.457 e. The number of amides is 2. The third-order valence-corrected chi connectivity index (χ3v) is 6.24. The Morgan fingerprint density at radius 2 is 1.79 bits per heavy atom. The molecule has 3 aromatic rings. The van der Waals surface area contributed by atoms with Crippen molar-refractivity contribution in [2.24, 2.45) is 0 Å². The molecule has 1 saturated heterocycles. The maximum Gasteiger partial charge on any atom is 0.419 e. The van der Waals surface area contributed by atoms with Crippen LogP contribution in [0.3, 0.4) is 0 Å². The second kappa shape index (κ2) is 11.2. The number of ether oxygens (including phenoxy) is 2. The fourth-order valence-corrected chi connectivity index (χ4v) is 4.05. The number of carbonyl (C=O) groups is 2. The van der Waals surface area contributed by atoms with Crippen LogP contribution in [0.4, 0.5) is 13.2 Å². The number of hydrogen-bond donors (Lipinski definition) is 3.